The first-order valence-corrected chi connectivity index (χ1v) is 7.15. The topological polar surface area (TPSA) is 72.8 Å². The van der Waals surface area contributed by atoms with Gasteiger partial charge in [0.15, 0.2) is 0 Å². The first-order chi connectivity index (χ1) is 8.49. The van der Waals surface area contributed by atoms with Crippen molar-refractivity contribution < 1.29 is 22.4 Å². The van der Waals surface area contributed by atoms with Crippen molar-refractivity contribution >= 4 is 10.1 Å². The third kappa shape index (κ3) is 4.29. The van der Waals surface area contributed by atoms with Crippen LogP contribution in [0.4, 0.5) is 0 Å². The molecule has 18 heavy (non-hydrogen) atoms. The number of methoxy groups -OCH3 is 1. The molecule has 0 fully saturated rings. The Kier molecular flexibility index (Phi) is 5.58. The number of unbranched alkanes of at least 4 members (excludes halogenated alkanes) is 1. The van der Waals surface area contributed by atoms with E-state index in [1.54, 1.807) is 6.07 Å². The lowest BCUT2D eigenvalue weighted by atomic mass is 10.2. The predicted octanol–water partition coefficient (Wildman–Crippen LogP) is 2.26. The summed E-state index contributed by atoms with van der Waals surface area (Å²) in [6, 6.07) is 4.35. The molecule has 1 rings (SSSR count). The summed E-state index contributed by atoms with van der Waals surface area (Å²) >= 11 is 0. The van der Waals surface area contributed by atoms with Gasteiger partial charge in [0.1, 0.15) is 5.75 Å². The van der Waals surface area contributed by atoms with Crippen LogP contribution in [0.3, 0.4) is 0 Å². The third-order valence-electron chi connectivity index (χ3n) is 2.45. The van der Waals surface area contributed by atoms with Crippen LogP contribution in [0.15, 0.2) is 23.1 Å². The molecule has 0 aliphatic rings. The molecule has 0 radical (unpaired) electrons. The molecule has 1 aromatic carbocycles. The van der Waals surface area contributed by atoms with E-state index in [-0.39, 0.29) is 11.5 Å². The highest BCUT2D eigenvalue weighted by Crippen LogP contribution is 2.22. The maximum absolute atomic E-state index is 11.2. The van der Waals surface area contributed by atoms with Crippen LogP contribution in [-0.4, -0.2) is 26.7 Å². The van der Waals surface area contributed by atoms with Gasteiger partial charge in [-0.15, -0.1) is 0 Å². The molecule has 1 N–H and O–H groups in total. The molecule has 5 nitrogen and oxygen atoms in total. The summed E-state index contributed by atoms with van der Waals surface area (Å²) in [5.41, 5.74) is 0.396. The Balaban J connectivity index is 2.91. The summed E-state index contributed by atoms with van der Waals surface area (Å²) in [6.45, 7) is 2.73. The first-order valence-electron chi connectivity index (χ1n) is 5.71. The zero-order valence-electron chi connectivity index (χ0n) is 10.5. The Labute approximate surface area is 107 Å². The summed E-state index contributed by atoms with van der Waals surface area (Å²) in [4.78, 5) is -0.139. The Morgan fingerprint density at radius 1 is 1.33 bits per heavy atom. The molecule has 0 saturated carbocycles. The molecule has 0 atom stereocenters. The minimum absolute atomic E-state index is 0.131. The largest absolute Gasteiger partial charge is 0.497 e. The fourth-order valence-electron chi connectivity index (χ4n) is 1.48. The van der Waals surface area contributed by atoms with Crippen molar-refractivity contribution in [3.05, 3.63) is 23.8 Å². The highest BCUT2D eigenvalue weighted by molar-refractivity contribution is 7.85. The monoisotopic (exact) mass is 274 g/mol. The van der Waals surface area contributed by atoms with E-state index in [0.29, 0.717) is 17.9 Å². The average Bonchev–Trinajstić information content (AvgIpc) is 2.33. The Morgan fingerprint density at radius 3 is 2.61 bits per heavy atom. The number of hydrogen-bond acceptors (Lipinski definition) is 4. The van der Waals surface area contributed by atoms with Crippen LogP contribution in [0.25, 0.3) is 0 Å². The molecule has 0 unspecified atom stereocenters. The molecule has 0 saturated heterocycles. The van der Waals surface area contributed by atoms with Crippen LogP contribution >= 0.6 is 0 Å². The molecular formula is C12H18O5S. The van der Waals surface area contributed by atoms with Crippen molar-refractivity contribution in [3.63, 3.8) is 0 Å². The minimum atomic E-state index is -4.24. The van der Waals surface area contributed by atoms with E-state index >= 15 is 0 Å². The lowest BCUT2D eigenvalue weighted by Gasteiger charge is -2.10. The highest BCUT2D eigenvalue weighted by atomic mass is 32.2. The lowest BCUT2D eigenvalue weighted by molar-refractivity contribution is 0.116. The molecule has 6 heteroatoms. The van der Waals surface area contributed by atoms with E-state index in [2.05, 4.69) is 0 Å². The normalized spacial score (nSPS) is 11.5. The minimum Gasteiger partial charge on any atom is -0.497 e. The van der Waals surface area contributed by atoms with E-state index in [0.717, 1.165) is 12.8 Å². The van der Waals surface area contributed by atoms with Crippen molar-refractivity contribution in [2.45, 2.75) is 31.3 Å². The Hall–Kier alpha value is -1.11. The molecule has 102 valence electrons. The smallest absolute Gasteiger partial charge is 0.294 e. The van der Waals surface area contributed by atoms with Crippen LogP contribution in [0.1, 0.15) is 25.3 Å². The summed E-state index contributed by atoms with van der Waals surface area (Å²) in [7, 11) is -2.75. The van der Waals surface area contributed by atoms with Gasteiger partial charge in [0.05, 0.1) is 18.6 Å². The molecule has 0 aliphatic heterocycles. The maximum atomic E-state index is 11.2. The van der Waals surface area contributed by atoms with Gasteiger partial charge in [-0.2, -0.15) is 8.42 Å². The van der Waals surface area contributed by atoms with Gasteiger partial charge in [-0.1, -0.05) is 13.3 Å². The van der Waals surface area contributed by atoms with Crippen molar-refractivity contribution in [1.29, 1.82) is 0 Å². The maximum Gasteiger partial charge on any atom is 0.294 e. The first kappa shape index (κ1) is 14.9. The van der Waals surface area contributed by atoms with Gasteiger partial charge in [0.2, 0.25) is 0 Å². The zero-order chi connectivity index (χ0) is 13.6. The Bertz CT molecular complexity index is 481. The van der Waals surface area contributed by atoms with Crippen LogP contribution in [0.2, 0.25) is 0 Å². The van der Waals surface area contributed by atoms with Crippen LogP contribution in [-0.2, 0) is 21.5 Å². The summed E-state index contributed by atoms with van der Waals surface area (Å²) in [5.74, 6) is 0.525. The van der Waals surface area contributed by atoms with Crippen LogP contribution in [0.5, 0.6) is 5.75 Å². The van der Waals surface area contributed by atoms with Gasteiger partial charge in [0, 0.05) is 12.2 Å². The summed E-state index contributed by atoms with van der Waals surface area (Å²) in [6.07, 6.45) is 1.91. The van der Waals surface area contributed by atoms with Crippen molar-refractivity contribution in [1.82, 2.24) is 0 Å². The van der Waals surface area contributed by atoms with Gasteiger partial charge >= 0.3 is 0 Å². The molecule has 0 aromatic heterocycles. The van der Waals surface area contributed by atoms with Gasteiger partial charge < -0.3 is 9.47 Å². The van der Waals surface area contributed by atoms with E-state index in [4.69, 9.17) is 14.0 Å². The fourth-order valence-corrected chi connectivity index (χ4v) is 2.16. The predicted molar refractivity (Wildman–Crippen MR) is 67.4 cm³/mol. The van der Waals surface area contributed by atoms with E-state index in [9.17, 15) is 8.42 Å². The molecular weight excluding hydrogens is 256 g/mol. The van der Waals surface area contributed by atoms with E-state index in [1.807, 2.05) is 6.92 Å². The second-order valence-electron chi connectivity index (χ2n) is 3.85. The summed E-state index contributed by atoms with van der Waals surface area (Å²) in [5, 5.41) is 0. The fraction of sp³-hybridized carbons (Fsp3) is 0.500. The number of hydrogen-bond donors (Lipinski definition) is 1. The second kappa shape index (κ2) is 6.72. The van der Waals surface area contributed by atoms with Crippen LogP contribution < -0.4 is 4.74 Å². The highest BCUT2D eigenvalue weighted by Gasteiger charge is 2.16. The van der Waals surface area contributed by atoms with Crippen molar-refractivity contribution in [2.75, 3.05) is 13.7 Å². The molecule has 0 amide bonds. The molecule has 1 aromatic rings. The van der Waals surface area contributed by atoms with Crippen molar-refractivity contribution in [3.8, 4) is 5.75 Å². The number of rotatable bonds is 7. The molecule has 0 aliphatic carbocycles. The Morgan fingerprint density at radius 2 is 2.06 bits per heavy atom. The SMILES string of the molecule is CCCCOCc1cc(OC)ccc1S(=O)(=O)O. The molecule has 0 bridgehead atoms. The molecule has 0 heterocycles. The second-order valence-corrected chi connectivity index (χ2v) is 5.24. The number of benzene rings is 1. The van der Waals surface area contributed by atoms with Crippen LogP contribution in [0, 0.1) is 0 Å². The van der Waals surface area contributed by atoms with E-state index in [1.165, 1.54) is 19.2 Å². The van der Waals surface area contributed by atoms with Gasteiger partial charge in [-0.25, -0.2) is 0 Å². The quantitative estimate of drug-likeness (QED) is 0.610. The van der Waals surface area contributed by atoms with E-state index < -0.39 is 10.1 Å². The average molecular weight is 274 g/mol. The standard InChI is InChI=1S/C12H18O5S/c1-3-4-7-17-9-10-8-11(16-2)5-6-12(10)18(13,14)15/h5-6,8H,3-4,7,9H2,1-2H3,(H,13,14,15). The summed E-state index contributed by atoms with van der Waals surface area (Å²) < 4.78 is 41.9. The van der Waals surface area contributed by atoms with Crippen molar-refractivity contribution in [2.24, 2.45) is 0 Å². The molecule has 0 spiro atoms. The number of ether oxygens (including phenoxy) is 2. The third-order valence-corrected chi connectivity index (χ3v) is 3.40. The lowest BCUT2D eigenvalue weighted by Crippen LogP contribution is -2.05. The van der Waals surface area contributed by atoms with Gasteiger partial charge in [0.25, 0.3) is 10.1 Å². The van der Waals surface area contributed by atoms with Gasteiger partial charge in [-0.3, -0.25) is 4.55 Å². The van der Waals surface area contributed by atoms with Gasteiger partial charge in [-0.05, 0) is 24.6 Å². The zero-order valence-corrected chi connectivity index (χ0v) is 11.4.